The second-order valence-electron chi connectivity index (χ2n) is 6.83. The molecule has 148 valence electrons. The van der Waals surface area contributed by atoms with Crippen LogP contribution < -0.4 is 9.47 Å². The highest BCUT2D eigenvalue weighted by atomic mass is 32.2. The monoisotopic (exact) mass is 399 g/mol. The van der Waals surface area contributed by atoms with Gasteiger partial charge < -0.3 is 9.47 Å². The quantitative estimate of drug-likeness (QED) is 0.649. The van der Waals surface area contributed by atoms with Crippen molar-refractivity contribution in [1.29, 1.82) is 0 Å². The molecule has 1 fully saturated rings. The van der Waals surface area contributed by atoms with Crippen molar-refractivity contribution >= 4 is 22.9 Å². The van der Waals surface area contributed by atoms with E-state index in [-0.39, 0.29) is 16.4 Å². The molecule has 0 saturated carbocycles. The number of imide groups is 1. The average Bonchev–Trinajstić information content (AvgIpc) is 2.96. The Bertz CT molecular complexity index is 850. The van der Waals surface area contributed by atoms with Crippen LogP contribution in [0.1, 0.15) is 30.0 Å². The van der Waals surface area contributed by atoms with Gasteiger partial charge in [-0.15, -0.1) is 0 Å². The fourth-order valence-electron chi connectivity index (χ4n) is 3.07. The zero-order valence-electron chi connectivity index (χ0n) is 16.4. The van der Waals surface area contributed by atoms with Gasteiger partial charge in [-0.05, 0) is 43.0 Å². The summed E-state index contributed by atoms with van der Waals surface area (Å²) < 4.78 is 11.4. The maximum Gasteiger partial charge on any atom is 0.289 e. The van der Waals surface area contributed by atoms with Crippen LogP contribution in [-0.2, 0) is 17.8 Å². The summed E-state index contributed by atoms with van der Waals surface area (Å²) in [4.78, 5) is 25.8. The van der Waals surface area contributed by atoms with Crippen LogP contribution >= 0.6 is 11.8 Å². The van der Waals surface area contributed by atoms with E-state index in [4.69, 9.17) is 9.47 Å². The number of rotatable bonds is 8. The van der Waals surface area contributed by atoms with Crippen molar-refractivity contribution in [2.24, 2.45) is 0 Å². The summed E-state index contributed by atoms with van der Waals surface area (Å²) in [5.41, 5.74) is 3.23. The number of nitrogens with zero attached hydrogens (tertiary/aromatic N) is 1. The highest BCUT2D eigenvalue weighted by Crippen LogP contribution is 2.33. The van der Waals surface area contributed by atoms with Crippen molar-refractivity contribution in [3.63, 3.8) is 0 Å². The summed E-state index contributed by atoms with van der Waals surface area (Å²) in [6.07, 6.45) is 1.26. The lowest BCUT2D eigenvalue weighted by Crippen LogP contribution is -2.32. The van der Waals surface area contributed by atoms with E-state index in [1.165, 1.54) is 10.5 Å². The Labute approximate surface area is 170 Å². The molecule has 0 radical (unpaired) electrons. The lowest BCUT2D eigenvalue weighted by atomic mass is 10.1. The van der Waals surface area contributed by atoms with E-state index in [2.05, 4.69) is 19.1 Å². The molecule has 1 atom stereocenters. The Hall–Kier alpha value is -2.47. The van der Waals surface area contributed by atoms with Gasteiger partial charge in [0.25, 0.3) is 5.24 Å². The number of carbonyl (C=O) groups is 2. The van der Waals surface area contributed by atoms with Crippen molar-refractivity contribution in [2.75, 3.05) is 13.7 Å². The van der Waals surface area contributed by atoms with Crippen molar-refractivity contribution in [3.8, 4) is 11.5 Å². The molecule has 3 rings (SSSR count). The maximum atomic E-state index is 12.4. The number of thioether (sulfide) groups is 1. The topological polar surface area (TPSA) is 55.8 Å². The summed E-state index contributed by atoms with van der Waals surface area (Å²) in [7, 11) is 1.60. The summed E-state index contributed by atoms with van der Waals surface area (Å²) >= 11 is 1.11. The molecule has 2 aromatic rings. The fraction of sp³-hybridized carbons (Fsp3) is 0.364. The number of amides is 2. The van der Waals surface area contributed by atoms with Gasteiger partial charge in [-0.3, -0.25) is 14.5 Å². The number of methoxy groups -OCH3 is 1. The van der Waals surface area contributed by atoms with Crippen LogP contribution in [0, 0.1) is 6.92 Å². The molecule has 2 aromatic carbocycles. The first-order chi connectivity index (χ1) is 13.5. The number of carbonyl (C=O) groups excluding carboxylic acids is 2. The number of hydrogen-bond donors (Lipinski definition) is 0. The van der Waals surface area contributed by atoms with Crippen molar-refractivity contribution in [1.82, 2.24) is 4.90 Å². The highest BCUT2D eigenvalue weighted by molar-refractivity contribution is 8.15. The zero-order chi connectivity index (χ0) is 20.1. The van der Waals surface area contributed by atoms with Crippen molar-refractivity contribution in [3.05, 3.63) is 59.2 Å². The predicted octanol–water partition coefficient (Wildman–Crippen LogP) is 4.60. The zero-order valence-corrected chi connectivity index (χ0v) is 17.3. The SMILES string of the molecule is CCCN1C(=O)S[C@@H](Cc2ccc(OCc3ccc(C)cc3)c(OC)c2)C1=O. The predicted molar refractivity (Wildman–Crippen MR) is 111 cm³/mol. The first kappa shape index (κ1) is 20.3. The van der Waals surface area contributed by atoms with Gasteiger partial charge in [0.15, 0.2) is 11.5 Å². The summed E-state index contributed by atoms with van der Waals surface area (Å²) in [5.74, 6) is 1.17. The molecule has 1 heterocycles. The van der Waals surface area contributed by atoms with E-state index >= 15 is 0 Å². The normalized spacial score (nSPS) is 16.5. The largest absolute Gasteiger partial charge is 0.493 e. The minimum atomic E-state index is -0.372. The molecule has 0 N–H and O–H groups in total. The van der Waals surface area contributed by atoms with E-state index in [1.54, 1.807) is 7.11 Å². The summed E-state index contributed by atoms with van der Waals surface area (Å²) in [6, 6.07) is 13.9. The van der Waals surface area contributed by atoms with E-state index < -0.39 is 0 Å². The average molecular weight is 400 g/mol. The number of ether oxygens (including phenoxy) is 2. The van der Waals surface area contributed by atoms with Crippen molar-refractivity contribution < 1.29 is 19.1 Å². The Morgan fingerprint density at radius 3 is 2.43 bits per heavy atom. The third-order valence-electron chi connectivity index (χ3n) is 4.62. The van der Waals surface area contributed by atoms with Crippen LogP contribution in [0.4, 0.5) is 4.79 Å². The van der Waals surface area contributed by atoms with Gasteiger partial charge in [0.2, 0.25) is 5.91 Å². The minimum absolute atomic E-state index is 0.101. The van der Waals surface area contributed by atoms with Crippen LogP contribution in [-0.4, -0.2) is 35.0 Å². The first-order valence-electron chi connectivity index (χ1n) is 9.39. The fourth-order valence-corrected chi connectivity index (χ4v) is 4.13. The van der Waals surface area contributed by atoms with Crippen LogP contribution in [0.25, 0.3) is 0 Å². The molecule has 0 bridgehead atoms. The third-order valence-corrected chi connectivity index (χ3v) is 5.69. The molecular weight excluding hydrogens is 374 g/mol. The molecule has 0 spiro atoms. The van der Waals surface area contributed by atoms with Gasteiger partial charge in [-0.2, -0.15) is 0 Å². The van der Waals surface area contributed by atoms with Gasteiger partial charge in [0.05, 0.1) is 12.4 Å². The van der Waals surface area contributed by atoms with E-state index in [0.29, 0.717) is 31.1 Å². The maximum absolute atomic E-state index is 12.4. The Morgan fingerprint density at radius 1 is 1.04 bits per heavy atom. The number of hydrogen-bond acceptors (Lipinski definition) is 5. The van der Waals surface area contributed by atoms with Gasteiger partial charge in [-0.1, -0.05) is 54.6 Å². The minimum Gasteiger partial charge on any atom is -0.493 e. The van der Waals surface area contributed by atoms with Crippen LogP contribution in [0.15, 0.2) is 42.5 Å². The highest BCUT2D eigenvalue weighted by Gasteiger charge is 2.38. The first-order valence-corrected chi connectivity index (χ1v) is 10.3. The molecule has 0 aliphatic carbocycles. The molecule has 6 heteroatoms. The lowest BCUT2D eigenvalue weighted by molar-refractivity contribution is -0.126. The Morgan fingerprint density at radius 2 is 1.75 bits per heavy atom. The Balaban J connectivity index is 1.66. The van der Waals surface area contributed by atoms with E-state index in [1.807, 2.05) is 37.3 Å². The molecule has 1 saturated heterocycles. The Kier molecular flexibility index (Phi) is 6.62. The second kappa shape index (κ2) is 9.15. The van der Waals surface area contributed by atoms with Crippen LogP contribution in [0.2, 0.25) is 0 Å². The molecule has 1 aliphatic heterocycles. The van der Waals surface area contributed by atoms with E-state index in [9.17, 15) is 9.59 Å². The molecule has 0 unspecified atom stereocenters. The molecule has 0 aromatic heterocycles. The molecule has 1 aliphatic rings. The van der Waals surface area contributed by atoms with Gasteiger partial charge >= 0.3 is 0 Å². The van der Waals surface area contributed by atoms with Crippen LogP contribution in [0.5, 0.6) is 11.5 Å². The van der Waals surface area contributed by atoms with Crippen molar-refractivity contribution in [2.45, 2.75) is 38.5 Å². The number of benzene rings is 2. The third kappa shape index (κ3) is 4.68. The second-order valence-corrected chi connectivity index (χ2v) is 7.98. The number of aryl methyl sites for hydroxylation is 1. The molecule has 28 heavy (non-hydrogen) atoms. The van der Waals surface area contributed by atoms with Gasteiger partial charge in [0.1, 0.15) is 6.61 Å². The smallest absolute Gasteiger partial charge is 0.289 e. The van der Waals surface area contributed by atoms with Crippen LogP contribution in [0.3, 0.4) is 0 Å². The summed E-state index contributed by atoms with van der Waals surface area (Å²) in [5, 5.41) is -0.523. The van der Waals surface area contributed by atoms with E-state index in [0.717, 1.165) is 29.3 Å². The van der Waals surface area contributed by atoms with Gasteiger partial charge in [0, 0.05) is 6.54 Å². The molecular formula is C22H25NO4S. The molecule has 2 amide bonds. The lowest BCUT2D eigenvalue weighted by Gasteiger charge is -2.14. The molecule has 5 nitrogen and oxygen atoms in total. The summed E-state index contributed by atoms with van der Waals surface area (Å²) in [6.45, 7) is 4.94. The standard InChI is InChI=1S/C22H25NO4S/c1-4-11-23-21(24)20(28-22(23)25)13-17-9-10-18(19(12-17)26-3)27-14-16-7-5-15(2)6-8-16/h5-10,12,20H,4,11,13-14H2,1-3H3/t20-/m0/s1. The van der Waals surface area contributed by atoms with Gasteiger partial charge in [-0.25, -0.2) is 0 Å².